The van der Waals surface area contributed by atoms with Gasteiger partial charge in [-0.05, 0) is 30.5 Å². The molecule has 4 aromatic rings. The summed E-state index contributed by atoms with van der Waals surface area (Å²) in [6, 6.07) is 7.51. The van der Waals surface area contributed by atoms with Crippen LogP contribution in [0.25, 0.3) is 11.2 Å². The number of hydrogen-bond acceptors (Lipinski definition) is 6. The van der Waals surface area contributed by atoms with Crippen LogP contribution in [-0.2, 0) is 25.9 Å². The number of aryl methyl sites for hydroxylation is 2. The molecule has 0 unspecified atom stereocenters. The number of rotatable bonds is 7. The van der Waals surface area contributed by atoms with Gasteiger partial charge in [0, 0.05) is 18.8 Å². The van der Waals surface area contributed by atoms with E-state index in [9.17, 15) is 9.59 Å². The van der Waals surface area contributed by atoms with Crippen molar-refractivity contribution in [2.75, 3.05) is 5.73 Å². The summed E-state index contributed by atoms with van der Waals surface area (Å²) in [5, 5.41) is 0. The normalized spacial score (nSPS) is 11.3. The highest BCUT2D eigenvalue weighted by Gasteiger charge is 2.18. The lowest BCUT2D eigenvalue weighted by atomic mass is 10.1. The van der Waals surface area contributed by atoms with Gasteiger partial charge in [0.15, 0.2) is 5.65 Å². The zero-order valence-electron chi connectivity index (χ0n) is 16.1. The lowest BCUT2D eigenvalue weighted by Crippen LogP contribution is -2.40. The molecule has 0 bridgehead atoms. The lowest BCUT2D eigenvalue weighted by molar-refractivity contribution is 0.503. The Morgan fingerprint density at radius 1 is 1.14 bits per heavy atom. The molecule has 0 saturated heterocycles. The highest BCUT2D eigenvalue weighted by molar-refractivity contribution is 5.70. The minimum Gasteiger partial charge on any atom is -0.449 e. The van der Waals surface area contributed by atoms with Crippen LogP contribution in [0.1, 0.15) is 30.6 Å². The van der Waals surface area contributed by atoms with Crippen LogP contribution in [0.2, 0.25) is 0 Å². The number of oxazole rings is 1. The quantitative estimate of drug-likeness (QED) is 0.460. The molecule has 0 saturated carbocycles. The van der Waals surface area contributed by atoms with Crippen molar-refractivity contribution in [2.45, 2.75) is 39.3 Å². The van der Waals surface area contributed by atoms with Gasteiger partial charge < -0.3 is 15.1 Å². The Kier molecular flexibility index (Phi) is 5.03. The average molecular weight is 394 g/mol. The van der Waals surface area contributed by atoms with E-state index in [1.807, 2.05) is 31.2 Å². The molecule has 0 spiro atoms. The van der Waals surface area contributed by atoms with Crippen LogP contribution in [0.15, 0.2) is 50.7 Å². The molecule has 4 rings (SSSR count). The van der Waals surface area contributed by atoms with Crippen molar-refractivity contribution in [3.63, 3.8) is 0 Å². The Morgan fingerprint density at radius 3 is 2.62 bits per heavy atom. The monoisotopic (exact) mass is 394 g/mol. The second kappa shape index (κ2) is 7.78. The molecule has 0 aliphatic heterocycles. The zero-order chi connectivity index (χ0) is 20.4. The van der Waals surface area contributed by atoms with Gasteiger partial charge in [-0.1, -0.05) is 19.1 Å². The number of fused-ring (bicyclic) bond motifs is 1. The Bertz CT molecular complexity index is 1230. The number of nitrogens with zero attached hydrogens (tertiary/aromatic N) is 4. The number of H-pyrrole nitrogens is 1. The molecule has 3 aromatic heterocycles. The van der Waals surface area contributed by atoms with Gasteiger partial charge in [-0.2, -0.15) is 0 Å². The maximum atomic E-state index is 13.0. The van der Waals surface area contributed by atoms with Crippen molar-refractivity contribution < 1.29 is 4.42 Å². The molecule has 3 N–H and O–H groups in total. The van der Waals surface area contributed by atoms with Crippen molar-refractivity contribution >= 4 is 16.9 Å². The van der Waals surface area contributed by atoms with Crippen LogP contribution in [0.5, 0.6) is 0 Å². The van der Waals surface area contributed by atoms with E-state index in [1.165, 1.54) is 10.8 Å². The van der Waals surface area contributed by atoms with E-state index in [1.54, 1.807) is 10.8 Å². The number of imidazole rings is 1. The predicted octanol–water partition coefficient (Wildman–Crippen LogP) is 1.70. The van der Waals surface area contributed by atoms with Gasteiger partial charge >= 0.3 is 5.69 Å². The van der Waals surface area contributed by atoms with Gasteiger partial charge in [-0.25, -0.2) is 14.8 Å². The number of benzene rings is 1. The van der Waals surface area contributed by atoms with E-state index in [0.717, 1.165) is 5.56 Å². The van der Waals surface area contributed by atoms with Crippen molar-refractivity contribution in [3.8, 4) is 0 Å². The number of hydrogen-bond donors (Lipinski definition) is 2. The van der Waals surface area contributed by atoms with Crippen molar-refractivity contribution in [2.24, 2.45) is 0 Å². The number of nitrogens with one attached hydrogen (secondary N) is 1. The second-order valence-corrected chi connectivity index (χ2v) is 6.87. The largest absolute Gasteiger partial charge is 0.449 e. The molecule has 0 amide bonds. The summed E-state index contributed by atoms with van der Waals surface area (Å²) < 4.78 is 8.08. The molecule has 9 heteroatoms. The van der Waals surface area contributed by atoms with E-state index in [2.05, 4.69) is 15.0 Å². The fraction of sp³-hybridized carbons (Fsp3) is 0.300. The maximum absolute atomic E-state index is 13.0. The van der Waals surface area contributed by atoms with E-state index in [-0.39, 0.29) is 11.2 Å². The topological polar surface area (TPSA) is 125 Å². The van der Waals surface area contributed by atoms with Gasteiger partial charge in [0.2, 0.25) is 5.89 Å². The molecule has 29 heavy (non-hydrogen) atoms. The Morgan fingerprint density at radius 2 is 1.93 bits per heavy atom. The average Bonchev–Trinajstić information content (AvgIpc) is 3.37. The summed E-state index contributed by atoms with van der Waals surface area (Å²) in [7, 11) is 0. The van der Waals surface area contributed by atoms with Crippen LogP contribution in [0.3, 0.4) is 0 Å². The molecule has 9 nitrogen and oxygen atoms in total. The Balaban J connectivity index is 1.77. The minimum atomic E-state index is -0.360. The fourth-order valence-electron chi connectivity index (χ4n) is 3.33. The highest BCUT2D eigenvalue weighted by Crippen LogP contribution is 2.12. The summed E-state index contributed by atoms with van der Waals surface area (Å²) in [6.07, 6.45) is 4.63. The SMILES string of the molecule is CCCn1c(=O)c2[nH]c(Cc3ncco3)nc2n(CCc2ccc(N)cc2)c1=O. The summed E-state index contributed by atoms with van der Waals surface area (Å²) in [5.74, 6) is 1.00. The third-order valence-corrected chi connectivity index (χ3v) is 4.76. The first-order chi connectivity index (χ1) is 14.1. The third-order valence-electron chi connectivity index (χ3n) is 4.76. The molecule has 150 valence electrons. The molecule has 0 aliphatic rings. The maximum Gasteiger partial charge on any atom is 0.332 e. The second-order valence-electron chi connectivity index (χ2n) is 6.87. The van der Waals surface area contributed by atoms with Gasteiger partial charge in [0.25, 0.3) is 5.56 Å². The Labute approximate surface area is 165 Å². The van der Waals surface area contributed by atoms with Gasteiger partial charge in [0.1, 0.15) is 17.6 Å². The predicted molar refractivity (Wildman–Crippen MR) is 109 cm³/mol. The number of aromatic nitrogens is 5. The van der Waals surface area contributed by atoms with E-state index < -0.39 is 0 Å². The van der Waals surface area contributed by atoms with Crippen molar-refractivity contribution in [3.05, 3.63) is 74.8 Å². The number of nitrogen functional groups attached to an aromatic ring is 1. The summed E-state index contributed by atoms with van der Waals surface area (Å²) in [4.78, 5) is 37.5. The van der Waals surface area contributed by atoms with Crippen LogP contribution < -0.4 is 17.0 Å². The minimum absolute atomic E-state index is 0.307. The van der Waals surface area contributed by atoms with E-state index in [0.29, 0.717) is 60.9 Å². The molecule has 0 radical (unpaired) electrons. The fourth-order valence-corrected chi connectivity index (χ4v) is 3.33. The van der Waals surface area contributed by atoms with E-state index in [4.69, 9.17) is 10.2 Å². The third kappa shape index (κ3) is 3.71. The zero-order valence-corrected chi connectivity index (χ0v) is 16.1. The van der Waals surface area contributed by atoms with Gasteiger partial charge in [0.05, 0.1) is 12.6 Å². The molecule has 3 heterocycles. The Hall–Kier alpha value is -3.62. The smallest absolute Gasteiger partial charge is 0.332 e. The van der Waals surface area contributed by atoms with Crippen LogP contribution in [-0.4, -0.2) is 24.1 Å². The summed E-state index contributed by atoms with van der Waals surface area (Å²) in [5.41, 5.74) is 7.43. The number of nitrogens with two attached hydrogens (primary N) is 1. The molecule has 0 aliphatic carbocycles. The molecular formula is C20H22N6O3. The van der Waals surface area contributed by atoms with Crippen LogP contribution in [0, 0.1) is 0 Å². The van der Waals surface area contributed by atoms with Gasteiger partial charge in [-0.3, -0.25) is 13.9 Å². The van der Waals surface area contributed by atoms with Gasteiger partial charge in [-0.15, -0.1) is 0 Å². The lowest BCUT2D eigenvalue weighted by Gasteiger charge is -2.11. The molecule has 0 atom stereocenters. The number of aromatic amines is 1. The van der Waals surface area contributed by atoms with E-state index >= 15 is 0 Å². The summed E-state index contributed by atoms with van der Waals surface area (Å²) in [6.45, 7) is 2.67. The standard InChI is InChI=1S/C20H22N6O3/c1-2-9-26-19(27)17-18(24-15(23-17)12-16-22-8-11-29-16)25(20(26)28)10-7-13-3-5-14(21)6-4-13/h3-6,8,11H,2,7,9-10,12,21H2,1H3,(H,23,24). The van der Waals surface area contributed by atoms with Crippen LogP contribution in [0.4, 0.5) is 5.69 Å². The first-order valence-electron chi connectivity index (χ1n) is 9.52. The first-order valence-corrected chi connectivity index (χ1v) is 9.52. The summed E-state index contributed by atoms with van der Waals surface area (Å²) >= 11 is 0. The van der Waals surface area contributed by atoms with Crippen molar-refractivity contribution in [1.29, 1.82) is 0 Å². The molecule has 1 aromatic carbocycles. The molecular weight excluding hydrogens is 372 g/mol. The number of anilines is 1. The molecule has 0 fully saturated rings. The van der Waals surface area contributed by atoms with Crippen LogP contribution >= 0.6 is 0 Å². The highest BCUT2D eigenvalue weighted by atomic mass is 16.3. The van der Waals surface area contributed by atoms with Crippen molar-refractivity contribution in [1.82, 2.24) is 24.1 Å². The first kappa shape index (κ1) is 18.7.